The monoisotopic (exact) mass is 785 g/mol. The van der Waals surface area contributed by atoms with Gasteiger partial charge in [0, 0.05) is 53.0 Å². The van der Waals surface area contributed by atoms with Crippen molar-refractivity contribution in [1.29, 1.82) is 0 Å². The Balaban J connectivity index is 1.15. The van der Waals surface area contributed by atoms with Crippen molar-refractivity contribution in [1.82, 2.24) is 14.3 Å². The molecular formula is C42H35N5O5S3. The fraction of sp³-hybridized carbons (Fsp3) is 0.190. The van der Waals surface area contributed by atoms with Gasteiger partial charge in [0.25, 0.3) is 0 Å². The Labute approximate surface area is 325 Å². The summed E-state index contributed by atoms with van der Waals surface area (Å²) in [5.74, 6) is 0.502. The maximum atomic E-state index is 14.5. The molecule has 1 aliphatic carbocycles. The number of thiazole rings is 2. The number of Topliss-reactive ketones (excluding diaryl/α,β-unsaturated/α-hetero) is 1. The lowest BCUT2D eigenvalue weighted by molar-refractivity contribution is -0.132. The first-order valence-electron chi connectivity index (χ1n) is 18.0. The van der Waals surface area contributed by atoms with E-state index in [0.29, 0.717) is 40.2 Å². The number of benzene rings is 5. The molecule has 9 rings (SSSR count). The summed E-state index contributed by atoms with van der Waals surface area (Å²) in [5.41, 5.74) is 5.20. The number of anilines is 2. The molecule has 1 atom stereocenters. The van der Waals surface area contributed by atoms with Crippen molar-refractivity contribution in [2.45, 2.75) is 43.8 Å². The Kier molecular flexibility index (Phi) is 9.27. The Morgan fingerprint density at radius 3 is 2.33 bits per heavy atom. The van der Waals surface area contributed by atoms with Gasteiger partial charge in [-0.05, 0) is 81.3 Å². The highest BCUT2D eigenvalue weighted by Crippen LogP contribution is 2.44. The third-order valence-corrected chi connectivity index (χ3v) is 13.7. The number of carbonyl (C=O) groups is 1. The molecule has 6 aromatic rings. The van der Waals surface area contributed by atoms with Crippen LogP contribution in [-0.4, -0.2) is 53.8 Å². The molecule has 1 fully saturated rings. The first-order chi connectivity index (χ1) is 26.7. The van der Waals surface area contributed by atoms with E-state index in [1.54, 1.807) is 30.4 Å². The van der Waals surface area contributed by atoms with Crippen LogP contribution in [0.2, 0.25) is 0 Å². The molecule has 55 heavy (non-hydrogen) atoms. The van der Waals surface area contributed by atoms with Crippen molar-refractivity contribution in [3.05, 3.63) is 115 Å². The van der Waals surface area contributed by atoms with E-state index in [9.17, 15) is 13.2 Å². The van der Waals surface area contributed by atoms with Crippen LogP contribution < -0.4 is 10.7 Å². The van der Waals surface area contributed by atoms with Crippen molar-refractivity contribution in [3.8, 4) is 22.5 Å². The third kappa shape index (κ3) is 6.94. The summed E-state index contributed by atoms with van der Waals surface area (Å²) >= 11 is 3.07. The van der Waals surface area contributed by atoms with E-state index in [2.05, 4.69) is 5.32 Å². The molecule has 2 aromatic heterocycles. The minimum absolute atomic E-state index is 0.0461. The van der Waals surface area contributed by atoms with Gasteiger partial charge >= 0.3 is 0 Å². The van der Waals surface area contributed by atoms with E-state index in [1.807, 2.05) is 97.1 Å². The van der Waals surface area contributed by atoms with Crippen LogP contribution in [0.25, 0.3) is 53.9 Å². The number of sulfonamides is 1. The van der Waals surface area contributed by atoms with Crippen LogP contribution in [0, 0.1) is 0 Å². The molecule has 4 heterocycles. The predicted octanol–water partition coefficient (Wildman–Crippen LogP) is 9.55. The maximum absolute atomic E-state index is 14.5. The fourth-order valence-electron chi connectivity index (χ4n) is 7.01. The molecule has 1 N–H and O–H groups in total. The summed E-state index contributed by atoms with van der Waals surface area (Å²) in [7, 11) is -3.93. The highest BCUT2D eigenvalue weighted by atomic mass is 32.2. The van der Waals surface area contributed by atoms with Gasteiger partial charge in [0.05, 0.1) is 36.8 Å². The number of nitrogens with zero attached hydrogens (tertiary/aromatic N) is 4. The van der Waals surface area contributed by atoms with Crippen LogP contribution in [-0.2, 0) is 19.6 Å². The summed E-state index contributed by atoms with van der Waals surface area (Å²) in [4.78, 5) is 26.3. The smallest absolute Gasteiger partial charge is 0.243 e. The average molecular weight is 786 g/mol. The van der Waals surface area contributed by atoms with Gasteiger partial charge in [0.1, 0.15) is 17.4 Å². The van der Waals surface area contributed by atoms with Crippen molar-refractivity contribution in [3.63, 3.8) is 0 Å². The van der Waals surface area contributed by atoms with Crippen LogP contribution in [0.5, 0.6) is 0 Å². The van der Waals surface area contributed by atoms with Crippen LogP contribution in [0.15, 0.2) is 123 Å². The van der Waals surface area contributed by atoms with E-state index in [0.717, 1.165) is 47.8 Å². The molecule has 3 aliphatic rings. The lowest BCUT2D eigenvalue weighted by Gasteiger charge is -2.32. The number of ketones is 1. The SMILES string of the molecule is CC(=O)C(C)OC1CCN(S(=O)(=O)c2ccccc2-c2c3cc/c(=N\c4nc5ccccc5s4)cc-3oc3cc(Nc4nc5ccccc5s4)ccc23)CC1. The Hall–Kier alpha value is -5.31. The number of carbonyl (C=O) groups excluding carboxylic acids is 1. The normalized spacial score (nSPS) is 15.3. The highest BCUT2D eigenvalue weighted by Gasteiger charge is 2.33. The molecule has 0 amide bonds. The lowest BCUT2D eigenvalue weighted by atomic mass is 9.93. The van der Waals surface area contributed by atoms with Gasteiger partial charge in [-0.15, -0.1) is 0 Å². The standard InChI is InChI=1S/C42H35N5O5S3/c1-25(48)26(2)51-29-19-21-47(22-20-29)55(49,50)39-14-8-3-9-32(39)40-30-17-15-27(43-41-45-33-10-4-6-12-37(33)53-41)23-35(30)52-36-24-28(16-18-31(36)40)44-42-46-34-11-5-7-13-38(34)54-42/h3-18,23-24,26,29H,19-22H2,1-2H3,(H,43,45)/b44-28+. The van der Waals surface area contributed by atoms with Crippen molar-refractivity contribution in [2.24, 2.45) is 4.99 Å². The van der Waals surface area contributed by atoms with Crippen LogP contribution in [0.4, 0.5) is 16.0 Å². The van der Waals surface area contributed by atoms with Crippen LogP contribution in [0.1, 0.15) is 26.7 Å². The fourth-order valence-corrected chi connectivity index (χ4v) is 10.4. The van der Waals surface area contributed by atoms with Gasteiger partial charge in [-0.1, -0.05) is 65.1 Å². The van der Waals surface area contributed by atoms with Gasteiger partial charge in [0.2, 0.25) is 15.2 Å². The largest absolute Gasteiger partial charge is 0.456 e. The molecule has 1 saturated heterocycles. The molecule has 0 saturated carbocycles. The van der Waals surface area contributed by atoms with E-state index in [4.69, 9.17) is 24.1 Å². The number of hydrogen-bond acceptors (Lipinski definition) is 11. The number of aromatic nitrogens is 2. The van der Waals surface area contributed by atoms with E-state index < -0.39 is 16.1 Å². The summed E-state index contributed by atoms with van der Waals surface area (Å²) in [6, 6.07) is 34.6. The minimum atomic E-state index is -3.93. The molecule has 276 valence electrons. The zero-order chi connectivity index (χ0) is 37.7. The summed E-state index contributed by atoms with van der Waals surface area (Å²) < 4.78 is 45.3. The highest BCUT2D eigenvalue weighted by molar-refractivity contribution is 7.89. The molecule has 1 unspecified atom stereocenters. The van der Waals surface area contributed by atoms with Gasteiger partial charge in [0.15, 0.2) is 10.9 Å². The number of ether oxygens (including phenoxy) is 1. The molecule has 0 bridgehead atoms. The summed E-state index contributed by atoms with van der Waals surface area (Å²) in [6.45, 7) is 3.81. The molecule has 0 spiro atoms. The topological polar surface area (TPSA) is 127 Å². The Morgan fingerprint density at radius 2 is 1.58 bits per heavy atom. The molecule has 13 heteroatoms. The molecule has 10 nitrogen and oxygen atoms in total. The second-order valence-electron chi connectivity index (χ2n) is 13.5. The van der Waals surface area contributed by atoms with Crippen molar-refractivity contribution < 1.29 is 22.4 Å². The Bertz CT molecular complexity index is 2820. The number of piperidine rings is 1. The molecule has 2 aliphatic heterocycles. The van der Waals surface area contributed by atoms with Crippen LogP contribution in [0.3, 0.4) is 0 Å². The van der Waals surface area contributed by atoms with Gasteiger partial charge < -0.3 is 14.5 Å². The zero-order valence-electron chi connectivity index (χ0n) is 29.9. The van der Waals surface area contributed by atoms with Crippen molar-refractivity contribution in [2.75, 3.05) is 18.4 Å². The Morgan fingerprint density at radius 1 is 0.873 bits per heavy atom. The van der Waals surface area contributed by atoms with Crippen molar-refractivity contribution >= 4 is 85.8 Å². The summed E-state index contributed by atoms with van der Waals surface area (Å²) in [5, 5.41) is 6.24. The van der Waals surface area contributed by atoms with Gasteiger partial charge in [-0.3, -0.25) is 4.79 Å². The number of fused-ring (bicyclic) bond motifs is 4. The quantitative estimate of drug-likeness (QED) is 0.143. The first-order valence-corrected chi connectivity index (χ1v) is 21.1. The molecule has 4 aromatic carbocycles. The van der Waals surface area contributed by atoms with E-state index >= 15 is 0 Å². The number of para-hydroxylation sites is 2. The second kappa shape index (κ2) is 14.4. The number of hydrogen-bond donors (Lipinski definition) is 1. The molecule has 0 radical (unpaired) electrons. The van der Waals surface area contributed by atoms with Gasteiger partial charge in [-0.2, -0.15) is 4.31 Å². The zero-order valence-corrected chi connectivity index (χ0v) is 32.4. The molecular weight excluding hydrogens is 751 g/mol. The predicted molar refractivity (Wildman–Crippen MR) is 219 cm³/mol. The second-order valence-corrected chi connectivity index (χ2v) is 17.5. The average Bonchev–Trinajstić information content (AvgIpc) is 3.80. The first kappa shape index (κ1) is 35.4. The van der Waals surface area contributed by atoms with Crippen LogP contribution >= 0.6 is 22.7 Å². The third-order valence-electron chi connectivity index (χ3n) is 9.90. The minimum Gasteiger partial charge on any atom is -0.456 e. The maximum Gasteiger partial charge on any atom is 0.243 e. The number of nitrogens with one attached hydrogen (secondary N) is 1. The van der Waals surface area contributed by atoms with E-state index in [-0.39, 0.29) is 29.9 Å². The lowest BCUT2D eigenvalue weighted by Crippen LogP contribution is -2.42. The summed E-state index contributed by atoms with van der Waals surface area (Å²) in [6.07, 6.45) is 0.295. The van der Waals surface area contributed by atoms with Gasteiger partial charge in [-0.25, -0.2) is 23.4 Å². The number of rotatable bonds is 9. The van der Waals surface area contributed by atoms with E-state index in [1.165, 1.54) is 22.6 Å².